The Balaban J connectivity index is 1.36. The second-order valence-electron chi connectivity index (χ2n) is 12.0. The number of benzene rings is 3. The molecule has 1 aromatic heterocycles. The molecule has 4 aromatic rings. The molecule has 1 N–H and O–H groups in total. The Kier molecular flexibility index (Phi) is 12.8. The first kappa shape index (κ1) is 37.6. The number of oxime groups is 1. The average Bonchev–Trinajstić information content (AvgIpc) is 3.35. The van der Waals surface area contributed by atoms with Gasteiger partial charge in [-0.3, -0.25) is 18.7 Å². The molecular formula is C35H36Cl4FN5O5. The summed E-state index contributed by atoms with van der Waals surface area (Å²) in [5, 5.41) is 15.0. The summed E-state index contributed by atoms with van der Waals surface area (Å²) in [5.41, 5.74) is 2.46. The van der Waals surface area contributed by atoms with Crippen LogP contribution in [-0.2, 0) is 16.2 Å². The van der Waals surface area contributed by atoms with Gasteiger partial charge >= 0.3 is 11.7 Å². The SMILES string of the molecule is CO/N=C(/CN(CCF)C(=O)c1cc(Cl)cc(Cl)c1)[C@H](CCN1CCC(n2c(=O)n(CC(=O)O)c3ccccc32)CC1)c1ccc(Cl)c(Cl)c1. The Morgan fingerprint density at radius 2 is 1.68 bits per heavy atom. The molecule has 0 unspecified atom stereocenters. The van der Waals surface area contributed by atoms with E-state index in [9.17, 15) is 23.9 Å². The third-order valence-corrected chi connectivity index (χ3v) is 10.1. The summed E-state index contributed by atoms with van der Waals surface area (Å²) in [4.78, 5) is 47.4. The molecule has 0 spiro atoms. The number of imidazole rings is 1. The van der Waals surface area contributed by atoms with Gasteiger partial charge in [-0.25, -0.2) is 9.18 Å². The zero-order chi connectivity index (χ0) is 35.9. The molecule has 1 saturated heterocycles. The van der Waals surface area contributed by atoms with Crippen molar-refractivity contribution in [3.8, 4) is 0 Å². The Labute approximate surface area is 308 Å². The van der Waals surface area contributed by atoms with Gasteiger partial charge in [0.25, 0.3) is 5.91 Å². The standard InChI is InChI=1S/C35H36Cl4FN5O5/c1-50-41-30(20-43(15-11-40)34(48)23-16-24(36)19-25(37)17-23)27(22-6-7-28(38)29(39)18-22)10-14-42-12-8-26(9-13-42)45-32-5-3-2-4-31(32)44(35(45)49)21-33(46)47/h2-7,16-19,26-27H,8-15,20-21H2,1H3,(H,46,47)/b41-30-/t27-/m1/s1. The molecule has 266 valence electrons. The van der Waals surface area contributed by atoms with E-state index in [2.05, 4.69) is 10.1 Å². The highest BCUT2D eigenvalue weighted by atomic mass is 35.5. The second kappa shape index (κ2) is 17.1. The molecule has 5 rings (SSSR count). The lowest BCUT2D eigenvalue weighted by Gasteiger charge is -2.34. The van der Waals surface area contributed by atoms with Crippen molar-refractivity contribution in [1.29, 1.82) is 0 Å². The minimum absolute atomic E-state index is 0.0446. The first-order valence-electron chi connectivity index (χ1n) is 16.0. The maximum atomic E-state index is 13.8. The first-order chi connectivity index (χ1) is 24.0. The van der Waals surface area contributed by atoms with Gasteiger partial charge in [0.2, 0.25) is 0 Å². The van der Waals surface area contributed by atoms with Crippen molar-refractivity contribution in [3.05, 3.63) is 102 Å². The maximum absolute atomic E-state index is 13.8. The number of aromatic nitrogens is 2. The van der Waals surface area contributed by atoms with Crippen LogP contribution in [0.1, 0.15) is 47.1 Å². The number of rotatable bonds is 14. The Bertz CT molecular complexity index is 1920. The molecule has 15 heteroatoms. The van der Waals surface area contributed by atoms with Gasteiger partial charge in [0.15, 0.2) is 0 Å². The molecule has 1 aliphatic rings. The van der Waals surface area contributed by atoms with Crippen LogP contribution in [0.15, 0.2) is 70.6 Å². The fourth-order valence-corrected chi connectivity index (χ4v) is 7.40. The largest absolute Gasteiger partial charge is 0.480 e. The van der Waals surface area contributed by atoms with Gasteiger partial charge in [0.1, 0.15) is 20.3 Å². The van der Waals surface area contributed by atoms with Crippen LogP contribution in [-0.4, -0.2) is 88.1 Å². The first-order valence-corrected chi connectivity index (χ1v) is 17.5. The molecule has 1 atom stereocenters. The number of amides is 1. The fraction of sp³-hybridized carbons (Fsp3) is 0.371. The van der Waals surface area contributed by atoms with E-state index in [0.717, 1.165) is 5.56 Å². The minimum Gasteiger partial charge on any atom is -0.480 e. The van der Waals surface area contributed by atoms with Crippen LogP contribution in [0.25, 0.3) is 11.0 Å². The van der Waals surface area contributed by atoms with Crippen LogP contribution in [0, 0.1) is 0 Å². The van der Waals surface area contributed by atoms with Gasteiger partial charge in [-0.1, -0.05) is 69.8 Å². The summed E-state index contributed by atoms with van der Waals surface area (Å²) >= 11 is 25.0. The summed E-state index contributed by atoms with van der Waals surface area (Å²) in [6.45, 7) is 0.549. The van der Waals surface area contributed by atoms with Crippen molar-refractivity contribution < 1.29 is 23.9 Å². The summed E-state index contributed by atoms with van der Waals surface area (Å²) in [5.74, 6) is -1.94. The van der Waals surface area contributed by atoms with E-state index in [1.165, 1.54) is 34.8 Å². The molecule has 1 fully saturated rings. The zero-order valence-electron chi connectivity index (χ0n) is 27.2. The number of carbonyl (C=O) groups is 2. The molecule has 1 aliphatic heterocycles. The van der Waals surface area contributed by atoms with Crippen molar-refractivity contribution >= 4 is 75.0 Å². The molecule has 1 amide bonds. The van der Waals surface area contributed by atoms with Gasteiger partial charge < -0.3 is 19.7 Å². The van der Waals surface area contributed by atoms with Crippen molar-refractivity contribution in [2.24, 2.45) is 5.16 Å². The Morgan fingerprint density at radius 1 is 1.00 bits per heavy atom. The highest BCUT2D eigenvalue weighted by molar-refractivity contribution is 6.42. The van der Waals surface area contributed by atoms with Crippen LogP contribution in [0.2, 0.25) is 20.1 Å². The number of hydrogen-bond acceptors (Lipinski definition) is 6. The summed E-state index contributed by atoms with van der Waals surface area (Å²) in [6, 6.07) is 16.9. The van der Waals surface area contributed by atoms with Crippen LogP contribution in [0.3, 0.4) is 0 Å². The molecular weight excluding hydrogens is 731 g/mol. The molecule has 50 heavy (non-hydrogen) atoms. The van der Waals surface area contributed by atoms with E-state index < -0.39 is 31.0 Å². The lowest BCUT2D eigenvalue weighted by Crippen LogP contribution is -2.41. The zero-order valence-corrected chi connectivity index (χ0v) is 30.2. The lowest BCUT2D eigenvalue weighted by molar-refractivity contribution is -0.137. The van der Waals surface area contributed by atoms with Gasteiger partial charge in [0, 0.05) is 47.2 Å². The normalized spacial score (nSPS) is 15.0. The third kappa shape index (κ3) is 8.81. The van der Waals surface area contributed by atoms with Crippen molar-refractivity contribution in [2.75, 3.05) is 46.5 Å². The second-order valence-corrected chi connectivity index (χ2v) is 13.7. The number of likely N-dealkylation sites (tertiary alicyclic amines) is 1. The number of carboxylic acids is 1. The number of alkyl halides is 1. The molecule has 10 nitrogen and oxygen atoms in total. The van der Waals surface area contributed by atoms with E-state index in [1.807, 2.05) is 18.2 Å². The topological polar surface area (TPSA) is 109 Å². The average molecular weight is 768 g/mol. The lowest BCUT2D eigenvalue weighted by atomic mass is 9.89. The Hall–Kier alpha value is -3.61. The molecule has 2 heterocycles. The highest BCUT2D eigenvalue weighted by Gasteiger charge is 2.29. The molecule has 3 aromatic carbocycles. The molecule has 0 bridgehead atoms. The predicted molar refractivity (Wildman–Crippen MR) is 195 cm³/mol. The van der Waals surface area contributed by atoms with E-state index in [0.29, 0.717) is 65.7 Å². The number of fused-ring (bicyclic) bond motifs is 1. The Morgan fingerprint density at radius 3 is 2.30 bits per heavy atom. The highest BCUT2D eigenvalue weighted by Crippen LogP contribution is 2.32. The van der Waals surface area contributed by atoms with Crippen LogP contribution in [0.4, 0.5) is 4.39 Å². The number of piperidine rings is 1. The molecule has 0 radical (unpaired) electrons. The number of hydrogen-bond donors (Lipinski definition) is 1. The van der Waals surface area contributed by atoms with E-state index >= 15 is 0 Å². The van der Waals surface area contributed by atoms with Gasteiger partial charge in [0.05, 0.1) is 33.3 Å². The van der Waals surface area contributed by atoms with Crippen LogP contribution >= 0.6 is 46.4 Å². The summed E-state index contributed by atoms with van der Waals surface area (Å²) in [6.07, 6.45) is 1.90. The number of aliphatic carboxylic acids is 1. The van der Waals surface area contributed by atoms with Gasteiger partial charge in [-0.15, -0.1) is 0 Å². The minimum atomic E-state index is -1.08. The van der Waals surface area contributed by atoms with Crippen LogP contribution < -0.4 is 5.69 Å². The van der Waals surface area contributed by atoms with Gasteiger partial charge in [-0.2, -0.15) is 0 Å². The van der Waals surface area contributed by atoms with Crippen molar-refractivity contribution in [1.82, 2.24) is 18.9 Å². The number of carboxylic acid groups (broad SMARTS) is 1. The molecule has 0 saturated carbocycles. The van der Waals surface area contributed by atoms with Crippen LogP contribution in [0.5, 0.6) is 0 Å². The number of nitrogens with zero attached hydrogens (tertiary/aromatic N) is 5. The van der Waals surface area contributed by atoms with E-state index in [4.69, 9.17) is 51.2 Å². The maximum Gasteiger partial charge on any atom is 0.329 e. The fourth-order valence-electron chi connectivity index (χ4n) is 6.57. The number of carbonyl (C=O) groups excluding carboxylic acids is 1. The van der Waals surface area contributed by atoms with Gasteiger partial charge in [-0.05, 0) is 73.8 Å². The predicted octanol–water partition coefficient (Wildman–Crippen LogP) is 7.43. The smallest absolute Gasteiger partial charge is 0.329 e. The molecule has 0 aliphatic carbocycles. The summed E-state index contributed by atoms with van der Waals surface area (Å²) < 4.78 is 16.9. The monoisotopic (exact) mass is 765 g/mol. The van der Waals surface area contributed by atoms with Crippen molar-refractivity contribution in [2.45, 2.75) is 37.8 Å². The number of halogens is 5. The van der Waals surface area contributed by atoms with E-state index in [-0.39, 0.29) is 40.4 Å². The van der Waals surface area contributed by atoms with Crippen molar-refractivity contribution in [3.63, 3.8) is 0 Å². The van der Waals surface area contributed by atoms with E-state index in [1.54, 1.807) is 28.8 Å². The quantitative estimate of drug-likeness (QED) is 0.106. The summed E-state index contributed by atoms with van der Waals surface area (Å²) in [7, 11) is 1.41. The number of para-hydroxylation sites is 2. The third-order valence-electron chi connectivity index (χ3n) is 8.88.